The highest BCUT2D eigenvalue weighted by Crippen LogP contribution is 2.20. The van der Waals surface area contributed by atoms with Gasteiger partial charge in [-0.25, -0.2) is 4.79 Å². The van der Waals surface area contributed by atoms with Crippen molar-refractivity contribution in [1.29, 1.82) is 0 Å². The largest absolute Gasteiger partial charge is 0.334 e. The van der Waals surface area contributed by atoms with Crippen LogP contribution in [0.1, 0.15) is 31.2 Å². The molecule has 0 saturated carbocycles. The Bertz CT molecular complexity index is 862. The van der Waals surface area contributed by atoms with E-state index in [1.165, 1.54) is 18.1 Å². The van der Waals surface area contributed by atoms with Crippen LogP contribution in [0.4, 0.5) is 4.79 Å². The molecule has 1 aromatic carbocycles. The van der Waals surface area contributed by atoms with E-state index in [9.17, 15) is 4.79 Å². The summed E-state index contributed by atoms with van der Waals surface area (Å²) in [5.41, 5.74) is 2.83. The van der Waals surface area contributed by atoms with Crippen molar-refractivity contribution in [3.8, 4) is 0 Å². The second-order valence-corrected chi connectivity index (χ2v) is 7.18. The van der Waals surface area contributed by atoms with E-state index < -0.39 is 0 Å². The Hall–Kier alpha value is -2.48. The van der Waals surface area contributed by atoms with Crippen molar-refractivity contribution < 1.29 is 4.79 Å². The normalized spacial score (nSPS) is 17.5. The highest BCUT2D eigenvalue weighted by molar-refractivity contribution is 7.00. The van der Waals surface area contributed by atoms with Gasteiger partial charge in [0.15, 0.2) is 0 Å². The number of rotatable bonds is 5. The van der Waals surface area contributed by atoms with E-state index >= 15 is 0 Å². The summed E-state index contributed by atoms with van der Waals surface area (Å²) in [6.45, 7) is 2.17. The molecule has 0 aliphatic carbocycles. The molecule has 136 valence electrons. The Labute approximate surface area is 156 Å². The quantitative estimate of drug-likeness (QED) is 0.749. The van der Waals surface area contributed by atoms with Gasteiger partial charge in [-0.3, -0.25) is 4.68 Å². The average Bonchev–Trinajstić information content (AvgIpc) is 3.35. The van der Waals surface area contributed by atoms with Crippen molar-refractivity contribution in [2.24, 2.45) is 0 Å². The van der Waals surface area contributed by atoms with Crippen LogP contribution in [0.3, 0.4) is 0 Å². The zero-order valence-electron chi connectivity index (χ0n) is 14.5. The number of urea groups is 1. The van der Waals surface area contributed by atoms with Gasteiger partial charge in [0, 0.05) is 38.1 Å². The van der Waals surface area contributed by atoms with Gasteiger partial charge in [-0.1, -0.05) is 6.07 Å². The van der Waals surface area contributed by atoms with Gasteiger partial charge in [-0.15, -0.1) is 0 Å². The first-order valence-corrected chi connectivity index (χ1v) is 9.76. The number of carbonyl (C=O) groups excluding carboxylic acids is 1. The Morgan fingerprint density at radius 1 is 1.27 bits per heavy atom. The summed E-state index contributed by atoms with van der Waals surface area (Å²) in [7, 11) is 0. The number of nitrogens with one attached hydrogen (secondary N) is 1. The number of nitrogens with zero attached hydrogens (tertiary/aromatic N) is 5. The van der Waals surface area contributed by atoms with E-state index in [1.54, 1.807) is 6.20 Å². The number of benzene rings is 1. The molecular weight excluding hydrogens is 348 g/mol. The van der Waals surface area contributed by atoms with Crippen LogP contribution in [-0.4, -0.2) is 42.0 Å². The molecule has 1 aliphatic rings. The first kappa shape index (κ1) is 17.0. The molecule has 4 rings (SSSR count). The van der Waals surface area contributed by atoms with E-state index in [4.69, 9.17) is 0 Å². The number of carbonyl (C=O) groups is 1. The number of hydrogen-bond donors (Lipinski definition) is 1. The fourth-order valence-electron chi connectivity index (χ4n) is 3.50. The molecule has 0 bridgehead atoms. The molecule has 0 spiro atoms. The van der Waals surface area contributed by atoms with Gasteiger partial charge in [-0.2, -0.15) is 13.8 Å². The molecule has 3 aromatic rings. The number of fused-ring (bicyclic) bond motifs is 1. The van der Waals surface area contributed by atoms with Gasteiger partial charge in [0.2, 0.25) is 0 Å². The van der Waals surface area contributed by atoms with Gasteiger partial charge < -0.3 is 10.2 Å². The number of aryl methyl sites for hydroxylation is 1. The third-order valence-electron chi connectivity index (χ3n) is 4.90. The van der Waals surface area contributed by atoms with Crippen LogP contribution in [-0.2, 0) is 13.1 Å². The standard InChI is InChI=1S/C18H22N6OS/c25-18(19-13-14-5-6-16-17(12-14)22-26-21-16)24-10-2-1-4-15(24)7-11-23-9-3-8-20-23/h3,5-6,8-9,12,15H,1-2,4,7,10-11,13H2,(H,19,25). The topological polar surface area (TPSA) is 75.9 Å². The lowest BCUT2D eigenvalue weighted by Crippen LogP contribution is -2.48. The Morgan fingerprint density at radius 3 is 3.08 bits per heavy atom. The molecule has 3 heterocycles. The van der Waals surface area contributed by atoms with Crippen molar-refractivity contribution in [3.05, 3.63) is 42.2 Å². The van der Waals surface area contributed by atoms with Gasteiger partial charge in [0.1, 0.15) is 11.0 Å². The van der Waals surface area contributed by atoms with Gasteiger partial charge in [-0.05, 0) is 49.4 Å². The van der Waals surface area contributed by atoms with E-state index in [2.05, 4.69) is 19.2 Å². The fourth-order valence-corrected chi connectivity index (χ4v) is 4.02. The molecule has 1 N–H and O–H groups in total. The first-order chi connectivity index (χ1) is 12.8. The molecule has 26 heavy (non-hydrogen) atoms. The molecular formula is C18H22N6OS. The second-order valence-electron chi connectivity index (χ2n) is 6.65. The SMILES string of the molecule is O=C(NCc1ccc2nsnc2c1)N1CCCCC1CCn1cccn1. The van der Waals surface area contributed by atoms with Crippen molar-refractivity contribution in [2.75, 3.05) is 6.54 Å². The second kappa shape index (κ2) is 7.82. The van der Waals surface area contributed by atoms with E-state index in [-0.39, 0.29) is 12.1 Å². The Balaban J connectivity index is 1.35. The van der Waals surface area contributed by atoms with Crippen LogP contribution in [0.2, 0.25) is 0 Å². The van der Waals surface area contributed by atoms with E-state index in [0.717, 1.165) is 48.9 Å². The zero-order valence-corrected chi connectivity index (χ0v) is 15.4. The maximum Gasteiger partial charge on any atom is 0.317 e. The minimum absolute atomic E-state index is 0.0201. The fraction of sp³-hybridized carbons (Fsp3) is 0.444. The van der Waals surface area contributed by atoms with Crippen LogP contribution in [0, 0.1) is 0 Å². The summed E-state index contributed by atoms with van der Waals surface area (Å²) in [5, 5.41) is 7.32. The van der Waals surface area contributed by atoms with Crippen LogP contribution in [0.5, 0.6) is 0 Å². The molecule has 1 unspecified atom stereocenters. The number of hydrogen-bond acceptors (Lipinski definition) is 5. The molecule has 2 aromatic heterocycles. The van der Waals surface area contributed by atoms with E-state index in [0.29, 0.717) is 6.54 Å². The summed E-state index contributed by atoms with van der Waals surface area (Å²) in [6, 6.07) is 8.17. The smallest absolute Gasteiger partial charge is 0.317 e. The molecule has 0 radical (unpaired) electrons. The third-order valence-corrected chi connectivity index (χ3v) is 5.46. The minimum atomic E-state index is 0.0201. The molecule has 1 fully saturated rings. The predicted octanol–water partition coefficient (Wildman–Crippen LogP) is 3.04. The monoisotopic (exact) mass is 370 g/mol. The summed E-state index contributed by atoms with van der Waals surface area (Å²) in [6.07, 6.45) is 8.01. The number of aromatic nitrogens is 4. The summed E-state index contributed by atoms with van der Waals surface area (Å²) >= 11 is 1.21. The number of likely N-dealkylation sites (tertiary alicyclic amines) is 1. The molecule has 8 heteroatoms. The number of amides is 2. The Kier molecular flexibility index (Phi) is 5.10. The Morgan fingerprint density at radius 2 is 2.19 bits per heavy atom. The van der Waals surface area contributed by atoms with Crippen LogP contribution >= 0.6 is 11.7 Å². The number of piperidine rings is 1. The zero-order chi connectivity index (χ0) is 17.8. The molecule has 2 amide bonds. The van der Waals surface area contributed by atoms with Gasteiger partial charge in [0.05, 0.1) is 11.7 Å². The maximum absolute atomic E-state index is 12.7. The maximum atomic E-state index is 12.7. The lowest BCUT2D eigenvalue weighted by Gasteiger charge is -2.35. The molecule has 7 nitrogen and oxygen atoms in total. The van der Waals surface area contributed by atoms with Crippen LogP contribution in [0.15, 0.2) is 36.7 Å². The van der Waals surface area contributed by atoms with Crippen LogP contribution < -0.4 is 5.32 Å². The molecule has 1 aliphatic heterocycles. The van der Waals surface area contributed by atoms with Crippen molar-refractivity contribution in [1.82, 2.24) is 28.7 Å². The summed E-state index contributed by atoms with van der Waals surface area (Å²) < 4.78 is 10.4. The molecule has 1 atom stereocenters. The van der Waals surface area contributed by atoms with Crippen molar-refractivity contribution >= 4 is 28.8 Å². The van der Waals surface area contributed by atoms with Crippen molar-refractivity contribution in [3.63, 3.8) is 0 Å². The molecule has 1 saturated heterocycles. The lowest BCUT2D eigenvalue weighted by atomic mass is 10.00. The average molecular weight is 370 g/mol. The summed E-state index contributed by atoms with van der Waals surface area (Å²) in [5.74, 6) is 0. The van der Waals surface area contributed by atoms with Gasteiger partial charge in [0.25, 0.3) is 0 Å². The predicted molar refractivity (Wildman–Crippen MR) is 101 cm³/mol. The third kappa shape index (κ3) is 3.85. The highest BCUT2D eigenvalue weighted by Gasteiger charge is 2.26. The highest BCUT2D eigenvalue weighted by atomic mass is 32.1. The lowest BCUT2D eigenvalue weighted by molar-refractivity contribution is 0.143. The van der Waals surface area contributed by atoms with E-state index in [1.807, 2.05) is 40.0 Å². The van der Waals surface area contributed by atoms with Crippen molar-refractivity contribution in [2.45, 2.75) is 44.8 Å². The van der Waals surface area contributed by atoms with Crippen LogP contribution in [0.25, 0.3) is 11.0 Å². The minimum Gasteiger partial charge on any atom is -0.334 e. The summed E-state index contributed by atoms with van der Waals surface area (Å²) in [4.78, 5) is 14.7. The van der Waals surface area contributed by atoms with Gasteiger partial charge >= 0.3 is 6.03 Å². The first-order valence-electron chi connectivity index (χ1n) is 9.03.